The number of carbonyl (C=O) groups excluding carboxylic acids is 3. The van der Waals surface area contributed by atoms with Crippen molar-refractivity contribution < 1.29 is 33.7 Å². The lowest BCUT2D eigenvalue weighted by atomic mass is 9.85. The van der Waals surface area contributed by atoms with E-state index in [0.717, 1.165) is 5.57 Å². The molecule has 0 aromatic heterocycles. The third-order valence-corrected chi connectivity index (χ3v) is 5.09. The van der Waals surface area contributed by atoms with Crippen LogP contribution in [0.25, 0.3) is 0 Å². The molecule has 2 rings (SSSR count). The van der Waals surface area contributed by atoms with Gasteiger partial charge in [-0.1, -0.05) is 18.7 Å². The van der Waals surface area contributed by atoms with Crippen LogP contribution in [0.15, 0.2) is 47.1 Å². The highest BCUT2D eigenvalue weighted by Gasteiger charge is 2.44. The first kappa shape index (κ1) is 22.6. The molecule has 1 fully saturated rings. The van der Waals surface area contributed by atoms with Gasteiger partial charge in [-0.15, -0.1) is 0 Å². The van der Waals surface area contributed by atoms with Gasteiger partial charge < -0.3 is 19.3 Å². The fourth-order valence-electron chi connectivity index (χ4n) is 3.39. The molecule has 1 saturated heterocycles. The molecule has 2 aliphatic rings. The van der Waals surface area contributed by atoms with Crippen molar-refractivity contribution in [3.05, 3.63) is 47.1 Å². The molecule has 7 nitrogen and oxygen atoms in total. The average Bonchev–Trinajstić information content (AvgIpc) is 2.96. The Kier molecular flexibility index (Phi) is 7.96. The zero-order chi connectivity index (χ0) is 21.6. The summed E-state index contributed by atoms with van der Waals surface area (Å²) in [5.41, 5.74) is 2.19. The van der Waals surface area contributed by atoms with Crippen molar-refractivity contribution in [2.45, 2.75) is 52.2 Å². The van der Waals surface area contributed by atoms with E-state index in [1.807, 2.05) is 6.08 Å². The molecule has 0 aromatic rings. The molecule has 0 unspecified atom stereocenters. The van der Waals surface area contributed by atoms with Crippen LogP contribution in [-0.2, 0) is 28.6 Å². The van der Waals surface area contributed by atoms with Crippen molar-refractivity contribution in [1.82, 2.24) is 0 Å². The predicted molar refractivity (Wildman–Crippen MR) is 106 cm³/mol. The predicted octanol–water partition coefficient (Wildman–Crippen LogP) is 2.55. The molecule has 0 aromatic carbocycles. The maximum atomic E-state index is 12.1. The third kappa shape index (κ3) is 5.90. The van der Waals surface area contributed by atoms with Crippen LogP contribution in [0.5, 0.6) is 0 Å². The largest absolute Gasteiger partial charge is 0.461 e. The Labute approximate surface area is 170 Å². The van der Waals surface area contributed by atoms with Gasteiger partial charge >= 0.3 is 17.9 Å². The minimum absolute atomic E-state index is 0.0403. The van der Waals surface area contributed by atoms with E-state index in [0.29, 0.717) is 24.0 Å². The van der Waals surface area contributed by atoms with Crippen molar-refractivity contribution in [3.8, 4) is 0 Å². The van der Waals surface area contributed by atoms with E-state index in [2.05, 4.69) is 6.58 Å². The molecule has 1 heterocycles. The molecule has 1 aliphatic carbocycles. The number of fused-ring (bicyclic) bond motifs is 1. The first-order chi connectivity index (χ1) is 13.8. The normalized spacial score (nSPS) is 29.0. The number of aliphatic hydroxyl groups is 1. The van der Waals surface area contributed by atoms with Crippen LogP contribution in [0.3, 0.4) is 0 Å². The van der Waals surface area contributed by atoms with Crippen LogP contribution in [0.4, 0.5) is 0 Å². The molecule has 0 radical (unpaired) electrons. The zero-order valence-corrected chi connectivity index (χ0v) is 17.1. The summed E-state index contributed by atoms with van der Waals surface area (Å²) in [4.78, 5) is 35.8. The molecule has 0 spiro atoms. The summed E-state index contributed by atoms with van der Waals surface area (Å²) in [5, 5.41) is 9.65. The molecule has 7 heteroatoms. The minimum atomic E-state index is -0.710. The topological polar surface area (TPSA) is 99.1 Å². The van der Waals surface area contributed by atoms with Crippen molar-refractivity contribution in [3.63, 3.8) is 0 Å². The SMILES string of the molecule is C=C1C(=O)O[C@@H]2/C=C(/CO)CC/C=C(\COC(=O)/C(C)=C/C)C[C@@H](OC(C)=O)[C@@H]12. The van der Waals surface area contributed by atoms with Gasteiger partial charge in [0.25, 0.3) is 0 Å². The fourth-order valence-corrected chi connectivity index (χ4v) is 3.39. The van der Waals surface area contributed by atoms with Crippen LogP contribution < -0.4 is 0 Å². The number of aliphatic hydroxyl groups excluding tert-OH is 1. The van der Waals surface area contributed by atoms with Gasteiger partial charge in [-0.2, -0.15) is 0 Å². The monoisotopic (exact) mass is 404 g/mol. The van der Waals surface area contributed by atoms with Gasteiger partial charge in [0.05, 0.1) is 12.5 Å². The van der Waals surface area contributed by atoms with Crippen LogP contribution in [0.1, 0.15) is 40.0 Å². The van der Waals surface area contributed by atoms with Gasteiger partial charge in [0.15, 0.2) is 0 Å². The quantitative estimate of drug-likeness (QED) is 0.325. The summed E-state index contributed by atoms with van der Waals surface area (Å²) in [5.74, 6) is -2.05. The van der Waals surface area contributed by atoms with E-state index in [-0.39, 0.29) is 25.2 Å². The van der Waals surface area contributed by atoms with Crippen LogP contribution in [0, 0.1) is 5.92 Å². The van der Waals surface area contributed by atoms with E-state index in [9.17, 15) is 19.5 Å². The molecular formula is C22H28O7. The van der Waals surface area contributed by atoms with Gasteiger partial charge in [0.1, 0.15) is 18.8 Å². The zero-order valence-electron chi connectivity index (χ0n) is 17.1. The number of allylic oxidation sites excluding steroid dienone is 2. The van der Waals surface area contributed by atoms with E-state index >= 15 is 0 Å². The third-order valence-electron chi connectivity index (χ3n) is 5.09. The Bertz CT molecular complexity index is 772. The highest BCUT2D eigenvalue weighted by molar-refractivity contribution is 5.91. The van der Waals surface area contributed by atoms with Crippen LogP contribution in [-0.4, -0.2) is 48.4 Å². The minimum Gasteiger partial charge on any atom is -0.461 e. The number of hydrogen-bond acceptors (Lipinski definition) is 7. The molecule has 0 amide bonds. The molecule has 158 valence electrons. The number of rotatable bonds is 5. The van der Waals surface area contributed by atoms with E-state index in [1.165, 1.54) is 6.92 Å². The Morgan fingerprint density at radius 3 is 2.69 bits per heavy atom. The highest BCUT2D eigenvalue weighted by Crippen LogP contribution is 2.36. The van der Waals surface area contributed by atoms with Crippen molar-refractivity contribution in [2.75, 3.05) is 13.2 Å². The molecule has 29 heavy (non-hydrogen) atoms. The van der Waals surface area contributed by atoms with Gasteiger partial charge in [0, 0.05) is 24.5 Å². The Morgan fingerprint density at radius 1 is 1.34 bits per heavy atom. The first-order valence-electron chi connectivity index (χ1n) is 9.62. The Morgan fingerprint density at radius 2 is 2.07 bits per heavy atom. The highest BCUT2D eigenvalue weighted by atomic mass is 16.6. The standard InChI is InChI=1S/C22H28O7/c1-5-13(2)21(25)27-12-17-8-6-7-16(11-23)9-19-20(14(3)22(26)29-19)18(10-17)28-15(4)24/h5,8-9,18-20,23H,3,6-7,10-12H2,1-2,4H3/b13-5+,16-9+,17-8-/t18-,19-,20-/m1/s1. The molecular weight excluding hydrogens is 376 g/mol. The maximum absolute atomic E-state index is 12.1. The average molecular weight is 404 g/mol. The fraction of sp³-hybridized carbons (Fsp3) is 0.500. The molecule has 1 aliphatic heterocycles. The van der Waals surface area contributed by atoms with Crippen molar-refractivity contribution in [2.24, 2.45) is 5.92 Å². The van der Waals surface area contributed by atoms with E-state index in [1.54, 1.807) is 26.0 Å². The van der Waals surface area contributed by atoms with Crippen LogP contribution in [0.2, 0.25) is 0 Å². The summed E-state index contributed by atoms with van der Waals surface area (Å²) in [6, 6.07) is 0. The molecule has 1 N–H and O–H groups in total. The summed E-state index contributed by atoms with van der Waals surface area (Å²) in [6.07, 6.45) is 5.35. The van der Waals surface area contributed by atoms with Gasteiger partial charge in [-0.05, 0) is 43.9 Å². The summed E-state index contributed by atoms with van der Waals surface area (Å²) < 4.78 is 16.3. The smallest absolute Gasteiger partial charge is 0.334 e. The van der Waals surface area contributed by atoms with Crippen molar-refractivity contribution >= 4 is 17.9 Å². The molecule has 0 bridgehead atoms. The van der Waals surface area contributed by atoms with Crippen LogP contribution >= 0.6 is 0 Å². The number of esters is 3. The van der Waals surface area contributed by atoms with Gasteiger partial charge in [-0.25, -0.2) is 9.59 Å². The van der Waals surface area contributed by atoms with E-state index < -0.39 is 36.0 Å². The number of ether oxygens (including phenoxy) is 3. The lowest BCUT2D eigenvalue weighted by molar-refractivity contribution is -0.149. The lowest BCUT2D eigenvalue weighted by Gasteiger charge is -2.27. The molecule has 0 saturated carbocycles. The Hall–Kier alpha value is -2.67. The second-order valence-corrected chi connectivity index (χ2v) is 7.20. The lowest BCUT2D eigenvalue weighted by Crippen LogP contribution is -2.33. The summed E-state index contributed by atoms with van der Waals surface area (Å²) in [6.45, 7) is 8.39. The van der Waals surface area contributed by atoms with Gasteiger partial charge in [-0.3, -0.25) is 4.79 Å². The second-order valence-electron chi connectivity index (χ2n) is 7.20. The van der Waals surface area contributed by atoms with Crippen molar-refractivity contribution in [1.29, 1.82) is 0 Å². The summed E-state index contributed by atoms with van der Waals surface area (Å²) in [7, 11) is 0. The first-order valence-corrected chi connectivity index (χ1v) is 9.62. The maximum Gasteiger partial charge on any atom is 0.334 e. The van der Waals surface area contributed by atoms with Gasteiger partial charge in [0.2, 0.25) is 0 Å². The Balaban J connectivity index is 2.33. The van der Waals surface area contributed by atoms with E-state index in [4.69, 9.17) is 14.2 Å². The summed E-state index contributed by atoms with van der Waals surface area (Å²) >= 11 is 0. The second kappa shape index (κ2) is 10.2. The number of hydrogen-bond donors (Lipinski definition) is 1. The number of carbonyl (C=O) groups is 3. The molecule has 3 atom stereocenters.